The first-order valence-electron chi connectivity index (χ1n) is 4.17. The molecule has 0 aromatic heterocycles. The lowest BCUT2D eigenvalue weighted by atomic mass is 10.1. The SMILES string of the molecule is OC[C@H](O)[C@H](O)[C@H](O)[C@@H]1NCCS1. The molecule has 5 N–H and O–H groups in total. The summed E-state index contributed by atoms with van der Waals surface area (Å²) < 4.78 is 0. The quantitative estimate of drug-likeness (QED) is 0.358. The second-order valence-electron chi connectivity index (χ2n) is 2.98. The zero-order valence-corrected chi connectivity index (χ0v) is 7.94. The Labute approximate surface area is 80.8 Å². The first kappa shape index (κ1) is 11.2. The molecule has 4 atom stereocenters. The van der Waals surface area contributed by atoms with E-state index in [0.29, 0.717) is 0 Å². The summed E-state index contributed by atoms with van der Waals surface area (Å²) in [6.07, 6.45) is -3.62. The van der Waals surface area contributed by atoms with E-state index in [2.05, 4.69) is 5.32 Å². The fraction of sp³-hybridized carbons (Fsp3) is 1.00. The summed E-state index contributed by atoms with van der Waals surface area (Å²) in [6, 6.07) is 0. The van der Waals surface area contributed by atoms with Crippen molar-refractivity contribution in [2.75, 3.05) is 18.9 Å². The van der Waals surface area contributed by atoms with Crippen molar-refractivity contribution in [3.05, 3.63) is 0 Å². The lowest BCUT2D eigenvalue weighted by Gasteiger charge is -2.25. The summed E-state index contributed by atoms with van der Waals surface area (Å²) >= 11 is 1.49. The molecule has 0 aromatic carbocycles. The molecule has 0 radical (unpaired) electrons. The van der Waals surface area contributed by atoms with Gasteiger partial charge in [0.25, 0.3) is 0 Å². The van der Waals surface area contributed by atoms with E-state index in [-0.39, 0.29) is 5.37 Å². The van der Waals surface area contributed by atoms with Crippen molar-refractivity contribution in [1.82, 2.24) is 5.32 Å². The highest BCUT2D eigenvalue weighted by atomic mass is 32.2. The van der Waals surface area contributed by atoms with E-state index in [0.717, 1.165) is 12.3 Å². The third-order valence-electron chi connectivity index (χ3n) is 1.99. The van der Waals surface area contributed by atoms with Crippen molar-refractivity contribution in [1.29, 1.82) is 0 Å². The summed E-state index contributed by atoms with van der Waals surface area (Å²) in [6.45, 7) is 0.240. The average molecular weight is 209 g/mol. The molecular formula is C7H15NO4S. The van der Waals surface area contributed by atoms with Gasteiger partial charge < -0.3 is 25.7 Å². The molecule has 1 heterocycles. The molecular weight excluding hydrogens is 194 g/mol. The molecule has 1 aliphatic heterocycles. The van der Waals surface area contributed by atoms with Gasteiger partial charge in [-0.15, -0.1) is 11.8 Å². The smallest absolute Gasteiger partial charge is 0.110 e. The van der Waals surface area contributed by atoms with Crippen LogP contribution in [0.15, 0.2) is 0 Å². The topological polar surface area (TPSA) is 93.0 Å². The molecule has 0 saturated carbocycles. The third kappa shape index (κ3) is 2.80. The monoisotopic (exact) mass is 209 g/mol. The van der Waals surface area contributed by atoms with Crippen LogP contribution in [0.3, 0.4) is 0 Å². The lowest BCUT2D eigenvalue weighted by molar-refractivity contribution is -0.0777. The van der Waals surface area contributed by atoms with Gasteiger partial charge in [0.1, 0.15) is 18.3 Å². The largest absolute Gasteiger partial charge is 0.394 e. The number of hydrogen-bond acceptors (Lipinski definition) is 6. The van der Waals surface area contributed by atoms with Gasteiger partial charge in [-0.2, -0.15) is 0 Å². The molecule has 1 fully saturated rings. The summed E-state index contributed by atoms with van der Waals surface area (Å²) in [4.78, 5) is 0. The van der Waals surface area contributed by atoms with E-state index < -0.39 is 24.9 Å². The normalized spacial score (nSPS) is 30.0. The van der Waals surface area contributed by atoms with E-state index in [4.69, 9.17) is 10.2 Å². The minimum absolute atomic E-state index is 0.254. The molecule has 5 nitrogen and oxygen atoms in total. The van der Waals surface area contributed by atoms with Gasteiger partial charge in [0.15, 0.2) is 0 Å². The van der Waals surface area contributed by atoms with E-state index in [1.165, 1.54) is 11.8 Å². The first-order chi connectivity index (χ1) is 6.16. The van der Waals surface area contributed by atoms with E-state index in [9.17, 15) is 10.2 Å². The molecule has 1 saturated heterocycles. The van der Waals surface area contributed by atoms with Gasteiger partial charge in [0.05, 0.1) is 12.0 Å². The molecule has 1 aliphatic rings. The molecule has 0 aromatic rings. The van der Waals surface area contributed by atoms with Crippen LogP contribution < -0.4 is 5.32 Å². The van der Waals surface area contributed by atoms with Gasteiger partial charge in [-0.25, -0.2) is 0 Å². The maximum Gasteiger partial charge on any atom is 0.110 e. The Balaban J connectivity index is 2.40. The molecule has 13 heavy (non-hydrogen) atoms. The Bertz CT molecular complexity index is 153. The van der Waals surface area contributed by atoms with Gasteiger partial charge in [-0.05, 0) is 0 Å². The van der Waals surface area contributed by atoms with Crippen LogP contribution >= 0.6 is 11.8 Å². The Kier molecular flexibility index (Phi) is 4.43. The number of aliphatic hydroxyl groups is 4. The maximum atomic E-state index is 9.51. The Morgan fingerprint density at radius 3 is 2.54 bits per heavy atom. The average Bonchev–Trinajstić information content (AvgIpc) is 2.67. The standard InChI is InChI=1S/C7H15NO4S/c9-3-4(10)5(11)6(12)7-8-1-2-13-7/h4-12H,1-3H2/t4-,5-,6-,7+/m0/s1. The van der Waals surface area contributed by atoms with Gasteiger partial charge in [0, 0.05) is 12.3 Å². The van der Waals surface area contributed by atoms with Crippen LogP contribution in [0.25, 0.3) is 0 Å². The molecule has 0 unspecified atom stereocenters. The Hall–Kier alpha value is 0.150. The van der Waals surface area contributed by atoms with E-state index >= 15 is 0 Å². The predicted octanol–water partition coefficient (Wildman–Crippen LogP) is -2.28. The van der Waals surface area contributed by atoms with Crippen molar-refractivity contribution in [2.45, 2.75) is 23.7 Å². The van der Waals surface area contributed by atoms with E-state index in [1.54, 1.807) is 0 Å². The zero-order valence-electron chi connectivity index (χ0n) is 7.13. The van der Waals surface area contributed by atoms with Crippen LogP contribution in [0.1, 0.15) is 0 Å². The molecule has 0 spiro atoms. The minimum Gasteiger partial charge on any atom is -0.394 e. The summed E-state index contributed by atoms with van der Waals surface area (Å²) in [5.74, 6) is 0.879. The van der Waals surface area contributed by atoms with Gasteiger partial charge in [-0.1, -0.05) is 0 Å². The summed E-state index contributed by atoms with van der Waals surface area (Å²) in [5, 5.41) is 39.2. The molecule has 1 rings (SSSR count). The van der Waals surface area contributed by atoms with E-state index in [1.807, 2.05) is 0 Å². The maximum absolute atomic E-state index is 9.51. The highest BCUT2D eigenvalue weighted by molar-refractivity contribution is 8.00. The number of hydrogen-bond donors (Lipinski definition) is 5. The lowest BCUT2D eigenvalue weighted by Crippen LogP contribution is -2.47. The van der Waals surface area contributed by atoms with Crippen molar-refractivity contribution in [3.8, 4) is 0 Å². The van der Waals surface area contributed by atoms with Crippen LogP contribution in [-0.4, -0.2) is 63.0 Å². The first-order valence-corrected chi connectivity index (χ1v) is 5.21. The van der Waals surface area contributed by atoms with Crippen LogP contribution in [0, 0.1) is 0 Å². The number of aliphatic hydroxyl groups excluding tert-OH is 4. The Morgan fingerprint density at radius 2 is 2.08 bits per heavy atom. The Morgan fingerprint density at radius 1 is 1.38 bits per heavy atom. The summed E-state index contributed by atoms with van der Waals surface area (Å²) in [7, 11) is 0. The molecule has 6 heteroatoms. The molecule has 0 aliphatic carbocycles. The zero-order chi connectivity index (χ0) is 9.84. The second-order valence-corrected chi connectivity index (χ2v) is 4.23. The molecule has 0 bridgehead atoms. The van der Waals surface area contributed by atoms with Crippen LogP contribution in [0.4, 0.5) is 0 Å². The summed E-state index contributed by atoms with van der Waals surface area (Å²) in [5.41, 5.74) is 0. The third-order valence-corrected chi connectivity index (χ3v) is 3.23. The second kappa shape index (κ2) is 5.14. The highest BCUT2D eigenvalue weighted by Crippen LogP contribution is 2.20. The molecule has 0 amide bonds. The van der Waals surface area contributed by atoms with Crippen molar-refractivity contribution < 1.29 is 20.4 Å². The predicted molar refractivity (Wildman–Crippen MR) is 49.4 cm³/mol. The number of thioether (sulfide) groups is 1. The number of nitrogens with one attached hydrogen (secondary N) is 1. The fourth-order valence-electron chi connectivity index (χ4n) is 1.18. The van der Waals surface area contributed by atoms with Crippen LogP contribution in [0.5, 0.6) is 0 Å². The van der Waals surface area contributed by atoms with Crippen LogP contribution in [0.2, 0.25) is 0 Å². The molecule has 78 valence electrons. The van der Waals surface area contributed by atoms with Crippen molar-refractivity contribution >= 4 is 11.8 Å². The minimum atomic E-state index is -1.30. The van der Waals surface area contributed by atoms with Crippen molar-refractivity contribution in [2.24, 2.45) is 0 Å². The van der Waals surface area contributed by atoms with Crippen LogP contribution in [-0.2, 0) is 0 Å². The van der Waals surface area contributed by atoms with Gasteiger partial charge in [0.2, 0.25) is 0 Å². The number of rotatable bonds is 4. The van der Waals surface area contributed by atoms with Crippen molar-refractivity contribution in [3.63, 3.8) is 0 Å². The van der Waals surface area contributed by atoms with Gasteiger partial charge in [-0.3, -0.25) is 0 Å². The highest BCUT2D eigenvalue weighted by Gasteiger charge is 2.32. The fourth-order valence-corrected chi connectivity index (χ4v) is 2.26. The van der Waals surface area contributed by atoms with Gasteiger partial charge >= 0.3 is 0 Å².